The van der Waals surface area contributed by atoms with Crippen molar-refractivity contribution in [3.8, 4) is 0 Å². The van der Waals surface area contributed by atoms with Crippen molar-refractivity contribution in [2.45, 2.75) is 12.5 Å². The third-order valence-electron chi connectivity index (χ3n) is 2.23. The van der Waals surface area contributed by atoms with Crippen molar-refractivity contribution < 1.29 is 14.3 Å². The van der Waals surface area contributed by atoms with Crippen molar-refractivity contribution in [3.63, 3.8) is 0 Å². The van der Waals surface area contributed by atoms with Gasteiger partial charge in [0.15, 0.2) is 18.9 Å². The van der Waals surface area contributed by atoms with E-state index in [1.165, 1.54) is 6.21 Å². The highest BCUT2D eigenvalue weighted by atomic mass is 16.5. The van der Waals surface area contributed by atoms with Gasteiger partial charge < -0.3 is 9.94 Å². The number of esters is 1. The molecule has 0 saturated carbocycles. The summed E-state index contributed by atoms with van der Waals surface area (Å²) in [5, 5.41) is 10.8. The Kier molecular flexibility index (Phi) is 2.67. The fourth-order valence-electron chi connectivity index (χ4n) is 1.46. The molecule has 0 unspecified atom stereocenters. The van der Waals surface area contributed by atoms with Crippen molar-refractivity contribution in [3.05, 3.63) is 41.1 Å². The third kappa shape index (κ3) is 2.34. The Balaban J connectivity index is 1.99. The molecule has 78 valence electrons. The minimum Gasteiger partial charge on any atom is -0.624 e. The minimum absolute atomic E-state index is 0.379. The Morgan fingerprint density at radius 1 is 1.40 bits per heavy atom. The molecule has 0 spiro atoms. The van der Waals surface area contributed by atoms with Crippen molar-refractivity contribution in [1.82, 2.24) is 0 Å². The van der Waals surface area contributed by atoms with Gasteiger partial charge in [-0.3, -0.25) is 0 Å². The molecule has 1 aromatic rings. The number of rotatable bonds is 2. The third-order valence-corrected chi connectivity index (χ3v) is 2.23. The van der Waals surface area contributed by atoms with Gasteiger partial charge in [0.05, 0.1) is 12.0 Å². The Morgan fingerprint density at radius 2 is 2.13 bits per heavy atom. The van der Waals surface area contributed by atoms with E-state index < -0.39 is 0 Å². The lowest BCUT2D eigenvalue weighted by Gasteiger charge is -2.05. The summed E-state index contributed by atoms with van der Waals surface area (Å²) in [5.41, 5.74) is 0.509. The van der Waals surface area contributed by atoms with Crippen molar-refractivity contribution in [2.24, 2.45) is 0 Å². The fourth-order valence-corrected chi connectivity index (χ4v) is 1.46. The van der Waals surface area contributed by atoms with E-state index in [0.717, 1.165) is 4.74 Å². The zero-order valence-electron chi connectivity index (χ0n) is 8.13. The summed E-state index contributed by atoms with van der Waals surface area (Å²) in [6.45, 7) is 0.396. The predicted octanol–water partition coefficient (Wildman–Crippen LogP) is 1.20. The monoisotopic (exact) mass is 205 g/mol. The SMILES string of the molecule is O=C(O[C@@H]1C=[N+]([O-])CC1)c1ccccc1. The van der Waals surface area contributed by atoms with Crippen LogP contribution in [0.5, 0.6) is 0 Å². The largest absolute Gasteiger partial charge is 0.624 e. The van der Waals surface area contributed by atoms with Gasteiger partial charge in [0.1, 0.15) is 0 Å². The normalized spacial score (nSPS) is 19.7. The highest BCUT2D eigenvalue weighted by molar-refractivity contribution is 5.90. The van der Waals surface area contributed by atoms with Gasteiger partial charge in [0.25, 0.3) is 0 Å². The van der Waals surface area contributed by atoms with Crippen LogP contribution >= 0.6 is 0 Å². The van der Waals surface area contributed by atoms with Crippen molar-refractivity contribution >= 4 is 12.2 Å². The fraction of sp³-hybridized carbons (Fsp3) is 0.273. The Hall–Kier alpha value is -1.84. The Labute approximate surface area is 87.4 Å². The Morgan fingerprint density at radius 3 is 2.73 bits per heavy atom. The number of hydrogen-bond acceptors (Lipinski definition) is 3. The smallest absolute Gasteiger partial charge is 0.338 e. The highest BCUT2D eigenvalue weighted by Crippen LogP contribution is 2.08. The summed E-state index contributed by atoms with van der Waals surface area (Å²) in [5.74, 6) is -0.382. The maximum Gasteiger partial charge on any atom is 0.338 e. The molecular weight excluding hydrogens is 194 g/mol. The summed E-state index contributed by atoms with van der Waals surface area (Å²) in [6, 6.07) is 8.75. The number of ether oxygens (including phenoxy) is 1. The summed E-state index contributed by atoms with van der Waals surface area (Å²) in [4.78, 5) is 11.5. The average molecular weight is 205 g/mol. The van der Waals surface area contributed by atoms with Crippen LogP contribution in [0, 0.1) is 5.21 Å². The summed E-state index contributed by atoms with van der Waals surface area (Å²) in [6.07, 6.45) is 1.58. The lowest BCUT2D eigenvalue weighted by molar-refractivity contribution is -0.443. The van der Waals surface area contributed by atoms with E-state index in [9.17, 15) is 10.0 Å². The van der Waals surface area contributed by atoms with Crippen LogP contribution < -0.4 is 0 Å². The molecule has 0 amide bonds. The van der Waals surface area contributed by atoms with Gasteiger partial charge in [-0.05, 0) is 12.1 Å². The van der Waals surface area contributed by atoms with Crippen LogP contribution in [-0.4, -0.2) is 29.6 Å². The van der Waals surface area contributed by atoms with E-state index in [0.29, 0.717) is 18.5 Å². The molecule has 0 saturated heterocycles. The van der Waals surface area contributed by atoms with Crippen LogP contribution in [0.1, 0.15) is 16.8 Å². The molecule has 1 aromatic carbocycles. The molecule has 0 bridgehead atoms. The van der Waals surface area contributed by atoms with Crippen molar-refractivity contribution in [2.75, 3.05) is 6.54 Å². The first-order valence-corrected chi connectivity index (χ1v) is 4.80. The van der Waals surface area contributed by atoms with E-state index in [-0.39, 0.29) is 12.1 Å². The molecule has 0 aliphatic carbocycles. The molecule has 1 aliphatic rings. The molecule has 1 aliphatic heterocycles. The number of carbonyl (C=O) groups is 1. The molecule has 1 heterocycles. The van der Waals surface area contributed by atoms with Gasteiger partial charge >= 0.3 is 5.97 Å². The zero-order chi connectivity index (χ0) is 10.7. The van der Waals surface area contributed by atoms with Gasteiger partial charge in [-0.15, -0.1) is 0 Å². The molecule has 0 fully saturated rings. The Bertz CT molecular complexity index is 386. The van der Waals surface area contributed by atoms with E-state index in [1.54, 1.807) is 24.3 Å². The first-order valence-electron chi connectivity index (χ1n) is 4.80. The second-order valence-corrected chi connectivity index (χ2v) is 3.39. The van der Waals surface area contributed by atoms with Crippen LogP contribution in [-0.2, 0) is 4.74 Å². The maximum atomic E-state index is 11.5. The molecule has 0 N–H and O–H groups in total. The number of hydrogen-bond donors (Lipinski definition) is 0. The van der Waals surface area contributed by atoms with Crippen LogP contribution in [0.2, 0.25) is 0 Å². The van der Waals surface area contributed by atoms with Gasteiger partial charge in [0, 0.05) is 0 Å². The van der Waals surface area contributed by atoms with Crippen LogP contribution in [0.25, 0.3) is 0 Å². The first kappa shape index (κ1) is 9.71. The molecule has 4 nitrogen and oxygen atoms in total. The van der Waals surface area contributed by atoms with Gasteiger partial charge in [-0.1, -0.05) is 18.2 Å². The second kappa shape index (κ2) is 4.13. The minimum atomic E-state index is -0.382. The molecule has 1 atom stereocenters. The van der Waals surface area contributed by atoms with Crippen LogP contribution in [0.4, 0.5) is 0 Å². The summed E-state index contributed by atoms with van der Waals surface area (Å²) >= 11 is 0. The van der Waals surface area contributed by atoms with E-state index in [1.807, 2.05) is 6.07 Å². The number of nitrogens with zero attached hydrogens (tertiary/aromatic N) is 1. The average Bonchev–Trinajstić information content (AvgIpc) is 2.65. The van der Waals surface area contributed by atoms with Crippen molar-refractivity contribution in [1.29, 1.82) is 0 Å². The summed E-state index contributed by atoms with van der Waals surface area (Å²) in [7, 11) is 0. The van der Waals surface area contributed by atoms with Gasteiger partial charge in [-0.2, -0.15) is 0 Å². The predicted molar refractivity (Wildman–Crippen MR) is 54.8 cm³/mol. The number of carbonyl (C=O) groups excluding carboxylic acids is 1. The number of hydroxylamine groups is 1. The van der Waals surface area contributed by atoms with Gasteiger partial charge in [0.2, 0.25) is 0 Å². The van der Waals surface area contributed by atoms with E-state index in [4.69, 9.17) is 4.74 Å². The molecule has 15 heavy (non-hydrogen) atoms. The molecular formula is C11H11NO3. The quantitative estimate of drug-likeness (QED) is 0.414. The molecule has 2 rings (SSSR count). The van der Waals surface area contributed by atoms with Gasteiger partial charge in [-0.25, -0.2) is 9.53 Å². The molecule has 4 heteroatoms. The first-order chi connectivity index (χ1) is 7.25. The molecule has 0 radical (unpaired) electrons. The second-order valence-electron chi connectivity index (χ2n) is 3.39. The van der Waals surface area contributed by atoms with E-state index in [2.05, 4.69) is 0 Å². The lowest BCUT2D eigenvalue weighted by Crippen LogP contribution is -2.17. The molecule has 0 aromatic heterocycles. The zero-order valence-corrected chi connectivity index (χ0v) is 8.13. The van der Waals surface area contributed by atoms with Crippen LogP contribution in [0.3, 0.4) is 0 Å². The standard InChI is InChI=1S/C11H11NO3/c13-11(9-4-2-1-3-5-9)15-10-6-7-12(14)8-10/h1-5,8,10H,6-7H2/t10-/m0/s1. The highest BCUT2D eigenvalue weighted by Gasteiger charge is 2.22. The summed E-state index contributed by atoms with van der Waals surface area (Å²) < 4.78 is 5.93. The number of benzene rings is 1. The maximum absolute atomic E-state index is 11.5. The topological polar surface area (TPSA) is 52.4 Å². The van der Waals surface area contributed by atoms with E-state index >= 15 is 0 Å². The lowest BCUT2D eigenvalue weighted by atomic mass is 10.2. The van der Waals surface area contributed by atoms with Crippen LogP contribution in [0.15, 0.2) is 30.3 Å².